The van der Waals surface area contributed by atoms with Gasteiger partial charge in [-0.15, -0.1) is 0 Å². The zero-order valence-electron chi connectivity index (χ0n) is 14.0. The maximum atomic E-state index is 11.9. The fourth-order valence-corrected chi connectivity index (χ4v) is 2.97. The third-order valence-electron chi connectivity index (χ3n) is 3.86. The number of aromatic hydroxyl groups is 1. The fourth-order valence-electron chi connectivity index (χ4n) is 2.43. The summed E-state index contributed by atoms with van der Waals surface area (Å²) in [4.78, 5) is 11.9. The molecular weight excluding hydrogens is 407 g/mol. The van der Waals surface area contributed by atoms with Crippen molar-refractivity contribution in [3.8, 4) is 11.5 Å². The molecule has 1 aliphatic heterocycles. The Morgan fingerprint density at radius 1 is 1.15 bits per heavy atom. The van der Waals surface area contributed by atoms with E-state index in [0.717, 1.165) is 0 Å². The largest absolute Gasteiger partial charge is 0.504 e. The summed E-state index contributed by atoms with van der Waals surface area (Å²) >= 11 is 11.6. The number of carbonyl (C=O) groups excluding carboxylic acids is 1. The summed E-state index contributed by atoms with van der Waals surface area (Å²) < 4.78 is 15.3. The summed E-state index contributed by atoms with van der Waals surface area (Å²) in [6, 6.07) is 2.65. The molecule has 0 bridgehead atoms. The third kappa shape index (κ3) is 5.58. The van der Waals surface area contributed by atoms with E-state index in [9.17, 15) is 25.2 Å². The minimum atomic E-state index is -1.66. The average Bonchev–Trinajstić information content (AvgIpc) is 2.60. The molecule has 1 aliphatic rings. The Hall–Kier alpha value is -1.33. The first kappa shape index (κ1) is 22.0. The van der Waals surface area contributed by atoms with Gasteiger partial charge in [0.05, 0.1) is 18.2 Å². The first-order chi connectivity index (χ1) is 12.7. The van der Waals surface area contributed by atoms with Crippen molar-refractivity contribution in [3.63, 3.8) is 0 Å². The first-order valence-corrected chi connectivity index (χ1v) is 8.81. The predicted octanol–water partition coefficient (Wildman–Crippen LogP) is 0.201. The summed E-state index contributed by atoms with van der Waals surface area (Å²) in [5.41, 5.74) is 0. The molecule has 9 nitrogen and oxygen atoms in total. The number of rotatable bonds is 7. The SMILES string of the molecule is O=C(CCCOc1c(O)cc(Cl)cc1Cl)O[C@H]1O[C@H](CO)[C@@H](O)[C@H](O)[C@H]1O. The topological polar surface area (TPSA) is 146 Å². The molecule has 27 heavy (non-hydrogen) atoms. The summed E-state index contributed by atoms with van der Waals surface area (Å²) in [5.74, 6) is -0.964. The normalized spacial score (nSPS) is 28.0. The molecule has 0 aromatic heterocycles. The van der Waals surface area contributed by atoms with E-state index in [4.69, 9.17) is 42.5 Å². The van der Waals surface area contributed by atoms with Gasteiger partial charge in [-0.05, 0) is 12.5 Å². The Labute approximate surface area is 164 Å². The minimum absolute atomic E-state index is 0.0265. The van der Waals surface area contributed by atoms with Crippen molar-refractivity contribution >= 4 is 29.2 Å². The van der Waals surface area contributed by atoms with Gasteiger partial charge in [0.1, 0.15) is 24.4 Å². The van der Waals surface area contributed by atoms with Gasteiger partial charge in [-0.3, -0.25) is 4.79 Å². The standard InChI is InChI=1S/C16H20Cl2O9/c17-7-4-8(18)15(9(20)5-7)25-3-1-2-11(21)27-16-14(24)13(23)12(22)10(6-19)26-16/h4-5,10,12-14,16,19-20,22-24H,1-3,6H2/t10-,12-,13+,14-,16-/m1/s1. The van der Waals surface area contributed by atoms with Gasteiger partial charge < -0.3 is 39.7 Å². The number of phenolic OH excluding ortho intramolecular Hbond substituents is 1. The highest BCUT2D eigenvalue weighted by atomic mass is 35.5. The van der Waals surface area contributed by atoms with E-state index in [1.165, 1.54) is 12.1 Å². The first-order valence-electron chi connectivity index (χ1n) is 8.05. The molecule has 1 fully saturated rings. The molecule has 0 radical (unpaired) electrons. The molecular formula is C16H20Cl2O9. The van der Waals surface area contributed by atoms with Crippen molar-refractivity contribution in [3.05, 3.63) is 22.2 Å². The van der Waals surface area contributed by atoms with E-state index in [-0.39, 0.29) is 41.0 Å². The highest BCUT2D eigenvalue weighted by Crippen LogP contribution is 2.37. The van der Waals surface area contributed by atoms with Gasteiger partial charge in [-0.2, -0.15) is 0 Å². The van der Waals surface area contributed by atoms with Gasteiger partial charge in [0, 0.05) is 17.5 Å². The molecule has 1 heterocycles. The third-order valence-corrected chi connectivity index (χ3v) is 4.36. The summed E-state index contributed by atoms with van der Waals surface area (Å²) in [5, 5.41) is 48.3. The second-order valence-electron chi connectivity index (χ2n) is 5.88. The van der Waals surface area contributed by atoms with E-state index in [2.05, 4.69) is 0 Å². The monoisotopic (exact) mass is 426 g/mol. The fraction of sp³-hybridized carbons (Fsp3) is 0.562. The molecule has 1 aromatic rings. The second kappa shape index (κ2) is 9.74. The van der Waals surface area contributed by atoms with Crippen LogP contribution in [0.3, 0.4) is 0 Å². The molecule has 152 valence electrons. The highest BCUT2D eigenvalue weighted by Gasteiger charge is 2.45. The predicted molar refractivity (Wildman–Crippen MR) is 92.7 cm³/mol. The summed E-state index contributed by atoms with van der Waals surface area (Å²) in [7, 11) is 0. The van der Waals surface area contributed by atoms with Gasteiger partial charge in [0.15, 0.2) is 11.5 Å². The number of esters is 1. The number of hydrogen-bond donors (Lipinski definition) is 5. The quantitative estimate of drug-likeness (QED) is 0.304. The zero-order valence-corrected chi connectivity index (χ0v) is 15.5. The molecule has 1 aromatic carbocycles. The number of aliphatic hydroxyl groups excluding tert-OH is 4. The van der Waals surface area contributed by atoms with E-state index in [0.29, 0.717) is 0 Å². The van der Waals surface area contributed by atoms with Gasteiger partial charge in [0.2, 0.25) is 6.29 Å². The van der Waals surface area contributed by atoms with Crippen molar-refractivity contribution in [1.82, 2.24) is 0 Å². The van der Waals surface area contributed by atoms with Crippen LogP contribution in [0.4, 0.5) is 0 Å². The van der Waals surface area contributed by atoms with Crippen LogP contribution in [-0.2, 0) is 14.3 Å². The van der Waals surface area contributed by atoms with E-state index < -0.39 is 43.3 Å². The number of ether oxygens (including phenoxy) is 3. The molecule has 0 aliphatic carbocycles. The van der Waals surface area contributed by atoms with Gasteiger partial charge in [-0.1, -0.05) is 23.2 Å². The Bertz CT molecular complexity index is 632. The van der Waals surface area contributed by atoms with Gasteiger partial charge in [-0.25, -0.2) is 0 Å². The van der Waals surface area contributed by atoms with Crippen LogP contribution in [0.1, 0.15) is 12.8 Å². The molecule has 5 atom stereocenters. The average molecular weight is 427 g/mol. The Morgan fingerprint density at radius 3 is 2.48 bits per heavy atom. The lowest BCUT2D eigenvalue weighted by atomic mass is 9.99. The molecule has 0 amide bonds. The van der Waals surface area contributed by atoms with Crippen LogP contribution in [0, 0.1) is 0 Å². The van der Waals surface area contributed by atoms with Crippen molar-refractivity contribution in [2.24, 2.45) is 0 Å². The van der Waals surface area contributed by atoms with Crippen LogP contribution >= 0.6 is 23.2 Å². The second-order valence-corrected chi connectivity index (χ2v) is 6.72. The zero-order chi connectivity index (χ0) is 20.1. The maximum Gasteiger partial charge on any atom is 0.308 e. The molecule has 1 saturated heterocycles. The smallest absolute Gasteiger partial charge is 0.308 e. The number of aliphatic hydroxyl groups is 4. The number of benzene rings is 1. The van der Waals surface area contributed by atoms with Crippen LogP contribution in [0.2, 0.25) is 10.0 Å². The Balaban J connectivity index is 1.79. The lowest BCUT2D eigenvalue weighted by molar-refractivity contribution is -0.292. The lowest BCUT2D eigenvalue weighted by Crippen LogP contribution is -2.59. The van der Waals surface area contributed by atoms with E-state index in [1.807, 2.05) is 0 Å². The molecule has 0 saturated carbocycles. The van der Waals surface area contributed by atoms with Crippen LogP contribution in [0.25, 0.3) is 0 Å². The number of carbonyl (C=O) groups is 1. The molecule has 11 heteroatoms. The molecule has 0 spiro atoms. The van der Waals surface area contributed by atoms with Crippen LogP contribution in [-0.4, -0.2) is 75.4 Å². The molecule has 2 rings (SSSR count). The Morgan fingerprint density at radius 2 is 1.85 bits per heavy atom. The van der Waals surface area contributed by atoms with Crippen molar-refractivity contribution in [2.45, 2.75) is 43.5 Å². The molecule has 5 N–H and O–H groups in total. The Kier molecular flexibility index (Phi) is 7.92. The van der Waals surface area contributed by atoms with Gasteiger partial charge >= 0.3 is 5.97 Å². The summed E-state index contributed by atoms with van der Waals surface area (Å²) in [6.45, 7) is -0.600. The number of halogens is 2. The van der Waals surface area contributed by atoms with Crippen LogP contribution < -0.4 is 4.74 Å². The van der Waals surface area contributed by atoms with Crippen LogP contribution in [0.5, 0.6) is 11.5 Å². The van der Waals surface area contributed by atoms with E-state index >= 15 is 0 Å². The molecule has 0 unspecified atom stereocenters. The summed E-state index contributed by atoms with van der Waals surface area (Å²) in [6.07, 6.45) is -7.45. The van der Waals surface area contributed by atoms with Crippen molar-refractivity contribution < 1.29 is 44.5 Å². The lowest BCUT2D eigenvalue weighted by Gasteiger charge is -2.39. The maximum absolute atomic E-state index is 11.9. The minimum Gasteiger partial charge on any atom is -0.504 e. The number of hydrogen-bond acceptors (Lipinski definition) is 9. The van der Waals surface area contributed by atoms with Gasteiger partial charge in [0.25, 0.3) is 0 Å². The highest BCUT2D eigenvalue weighted by molar-refractivity contribution is 6.35. The van der Waals surface area contributed by atoms with Crippen LogP contribution in [0.15, 0.2) is 12.1 Å². The van der Waals surface area contributed by atoms with E-state index in [1.54, 1.807) is 0 Å². The number of phenols is 1. The van der Waals surface area contributed by atoms with Crippen molar-refractivity contribution in [2.75, 3.05) is 13.2 Å². The van der Waals surface area contributed by atoms with Crippen molar-refractivity contribution in [1.29, 1.82) is 0 Å².